The summed E-state index contributed by atoms with van der Waals surface area (Å²) in [6.45, 7) is 11.6. The normalized spacial score (nSPS) is 16.7. The van der Waals surface area contributed by atoms with E-state index in [0.29, 0.717) is 0 Å². The third-order valence-corrected chi connectivity index (χ3v) is 5.32. The molecule has 2 heterocycles. The van der Waals surface area contributed by atoms with Gasteiger partial charge >= 0.3 is 0 Å². The fourth-order valence-electron chi connectivity index (χ4n) is 3.79. The van der Waals surface area contributed by atoms with Crippen molar-refractivity contribution in [2.24, 2.45) is 0 Å². The number of hydrogen-bond donors (Lipinski definition) is 0. The van der Waals surface area contributed by atoms with Crippen molar-refractivity contribution in [2.75, 3.05) is 32.7 Å². The van der Waals surface area contributed by atoms with E-state index in [1.807, 2.05) is 30.0 Å². The molecule has 1 saturated heterocycles. The Morgan fingerprint density at radius 2 is 1.77 bits per heavy atom. The first-order chi connectivity index (χ1) is 12.6. The molecular weight excluding hydrogens is 324 g/mol. The highest BCUT2D eigenvalue weighted by Crippen LogP contribution is 2.22. The highest BCUT2D eigenvalue weighted by atomic mass is 16.2. The van der Waals surface area contributed by atoms with Gasteiger partial charge in [-0.2, -0.15) is 5.10 Å². The average molecular weight is 354 g/mol. The maximum absolute atomic E-state index is 13.0. The van der Waals surface area contributed by atoms with E-state index in [-0.39, 0.29) is 11.8 Å². The fraction of sp³-hybridized carbons (Fsp3) is 0.524. The molecule has 5 heteroatoms. The minimum atomic E-state index is -0.0163. The van der Waals surface area contributed by atoms with Gasteiger partial charge in [0.1, 0.15) is 0 Å². The van der Waals surface area contributed by atoms with Gasteiger partial charge in [0.15, 0.2) is 0 Å². The van der Waals surface area contributed by atoms with E-state index >= 15 is 0 Å². The van der Waals surface area contributed by atoms with Crippen LogP contribution in [0.5, 0.6) is 0 Å². The monoisotopic (exact) mass is 354 g/mol. The average Bonchev–Trinajstić information content (AvgIpc) is 2.99. The van der Waals surface area contributed by atoms with Crippen molar-refractivity contribution < 1.29 is 4.79 Å². The van der Waals surface area contributed by atoms with Gasteiger partial charge in [-0.1, -0.05) is 37.3 Å². The highest BCUT2D eigenvalue weighted by molar-refractivity contribution is 5.83. The van der Waals surface area contributed by atoms with Crippen LogP contribution in [0.1, 0.15) is 36.2 Å². The largest absolute Gasteiger partial charge is 0.340 e. The molecule has 1 aliphatic rings. The van der Waals surface area contributed by atoms with Crippen molar-refractivity contribution in [1.82, 2.24) is 19.6 Å². The maximum Gasteiger partial charge on any atom is 0.230 e. The van der Waals surface area contributed by atoms with E-state index in [9.17, 15) is 4.79 Å². The molecule has 3 rings (SSSR count). The van der Waals surface area contributed by atoms with Gasteiger partial charge in [-0.05, 0) is 31.9 Å². The lowest BCUT2D eigenvalue weighted by Gasteiger charge is -2.36. The van der Waals surface area contributed by atoms with Gasteiger partial charge in [0.05, 0.1) is 18.2 Å². The molecule has 0 saturated carbocycles. The summed E-state index contributed by atoms with van der Waals surface area (Å²) in [6.07, 6.45) is 0.848. The molecular formula is C21H30N4O. The van der Waals surface area contributed by atoms with Crippen LogP contribution in [0.15, 0.2) is 36.4 Å². The number of benzene rings is 1. The topological polar surface area (TPSA) is 41.4 Å². The summed E-state index contributed by atoms with van der Waals surface area (Å²) >= 11 is 0. The number of amides is 1. The fourth-order valence-corrected chi connectivity index (χ4v) is 3.79. The van der Waals surface area contributed by atoms with Gasteiger partial charge in [-0.3, -0.25) is 14.4 Å². The predicted octanol–water partition coefficient (Wildman–Crippen LogP) is 2.84. The van der Waals surface area contributed by atoms with E-state index in [4.69, 9.17) is 0 Å². The van der Waals surface area contributed by atoms with Crippen LogP contribution in [-0.2, 0) is 11.3 Å². The van der Waals surface area contributed by atoms with Gasteiger partial charge in [0.25, 0.3) is 0 Å². The number of aromatic nitrogens is 2. The first-order valence-corrected chi connectivity index (χ1v) is 9.65. The molecule has 26 heavy (non-hydrogen) atoms. The molecule has 1 aliphatic heterocycles. The zero-order valence-electron chi connectivity index (χ0n) is 16.2. The van der Waals surface area contributed by atoms with E-state index in [0.717, 1.165) is 56.9 Å². The van der Waals surface area contributed by atoms with Gasteiger partial charge in [-0.25, -0.2) is 0 Å². The Labute approximate surface area is 156 Å². The molecule has 2 aromatic rings. The summed E-state index contributed by atoms with van der Waals surface area (Å²) < 4.78 is 2.08. The summed E-state index contributed by atoms with van der Waals surface area (Å²) in [6, 6.07) is 12.3. The standard InChI is InChI=1S/C21H30N4O/c1-4-20(19-8-6-5-7-9-19)21(26)24-13-10-23(11-14-24)12-15-25-18(3)16-17(2)22-25/h5-9,16,20H,4,10-15H2,1-3H3. The number of piperazine rings is 1. The smallest absolute Gasteiger partial charge is 0.230 e. The summed E-state index contributed by atoms with van der Waals surface area (Å²) in [5.74, 6) is 0.259. The second-order valence-corrected chi connectivity index (χ2v) is 7.19. The summed E-state index contributed by atoms with van der Waals surface area (Å²) in [5, 5.41) is 4.53. The van der Waals surface area contributed by atoms with E-state index < -0.39 is 0 Å². The van der Waals surface area contributed by atoms with Crippen LogP contribution < -0.4 is 0 Å². The van der Waals surface area contributed by atoms with Crippen LogP contribution in [0.2, 0.25) is 0 Å². The van der Waals surface area contributed by atoms with Crippen LogP contribution >= 0.6 is 0 Å². The minimum Gasteiger partial charge on any atom is -0.340 e. The Bertz CT molecular complexity index is 717. The minimum absolute atomic E-state index is 0.0163. The molecule has 0 N–H and O–H groups in total. The number of nitrogens with zero attached hydrogens (tertiary/aromatic N) is 4. The molecule has 0 bridgehead atoms. The second kappa shape index (κ2) is 8.49. The number of aryl methyl sites for hydroxylation is 2. The molecule has 1 fully saturated rings. The maximum atomic E-state index is 13.0. The lowest BCUT2D eigenvalue weighted by molar-refractivity contribution is -0.134. The van der Waals surface area contributed by atoms with Crippen molar-refractivity contribution in [2.45, 2.75) is 39.7 Å². The molecule has 0 radical (unpaired) electrons. The Hall–Kier alpha value is -2.14. The van der Waals surface area contributed by atoms with E-state index in [1.54, 1.807) is 0 Å². The molecule has 140 valence electrons. The Morgan fingerprint density at radius 3 is 2.35 bits per heavy atom. The molecule has 1 aromatic carbocycles. The van der Waals surface area contributed by atoms with Crippen molar-refractivity contribution in [3.05, 3.63) is 53.3 Å². The lowest BCUT2D eigenvalue weighted by atomic mass is 9.95. The molecule has 5 nitrogen and oxygen atoms in total. The lowest BCUT2D eigenvalue weighted by Crippen LogP contribution is -2.50. The molecule has 1 amide bonds. The van der Waals surface area contributed by atoms with Crippen LogP contribution in [0.3, 0.4) is 0 Å². The molecule has 0 spiro atoms. The van der Waals surface area contributed by atoms with Crippen molar-refractivity contribution in [3.63, 3.8) is 0 Å². The van der Waals surface area contributed by atoms with Crippen LogP contribution in [0, 0.1) is 13.8 Å². The first-order valence-electron chi connectivity index (χ1n) is 9.65. The Morgan fingerprint density at radius 1 is 1.08 bits per heavy atom. The number of carbonyl (C=O) groups excluding carboxylic acids is 1. The number of hydrogen-bond acceptors (Lipinski definition) is 3. The molecule has 1 atom stereocenters. The Kier molecular flexibility index (Phi) is 6.09. The number of rotatable bonds is 6. The summed E-state index contributed by atoms with van der Waals surface area (Å²) in [7, 11) is 0. The number of carbonyl (C=O) groups is 1. The second-order valence-electron chi connectivity index (χ2n) is 7.19. The van der Waals surface area contributed by atoms with Crippen molar-refractivity contribution in [1.29, 1.82) is 0 Å². The molecule has 1 aromatic heterocycles. The van der Waals surface area contributed by atoms with E-state index in [2.05, 4.69) is 46.7 Å². The van der Waals surface area contributed by atoms with Crippen LogP contribution in [0.25, 0.3) is 0 Å². The predicted molar refractivity (Wildman–Crippen MR) is 104 cm³/mol. The van der Waals surface area contributed by atoms with Gasteiger partial charge in [0.2, 0.25) is 5.91 Å². The summed E-state index contributed by atoms with van der Waals surface area (Å²) in [5.41, 5.74) is 3.42. The van der Waals surface area contributed by atoms with Gasteiger partial charge < -0.3 is 4.90 Å². The highest BCUT2D eigenvalue weighted by Gasteiger charge is 2.27. The Balaban J connectivity index is 1.51. The van der Waals surface area contributed by atoms with Gasteiger partial charge in [0, 0.05) is 38.4 Å². The SMILES string of the molecule is CCC(C(=O)N1CCN(CCn2nc(C)cc2C)CC1)c1ccccc1. The van der Waals surface area contributed by atoms with Crippen LogP contribution in [-0.4, -0.2) is 58.2 Å². The quantitative estimate of drug-likeness (QED) is 0.801. The summed E-state index contributed by atoms with van der Waals surface area (Å²) in [4.78, 5) is 17.4. The molecule has 1 unspecified atom stereocenters. The zero-order chi connectivity index (χ0) is 18.5. The van der Waals surface area contributed by atoms with Gasteiger partial charge in [-0.15, -0.1) is 0 Å². The zero-order valence-corrected chi connectivity index (χ0v) is 16.2. The van der Waals surface area contributed by atoms with Crippen molar-refractivity contribution in [3.8, 4) is 0 Å². The van der Waals surface area contributed by atoms with E-state index in [1.165, 1.54) is 5.69 Å². The first kappa shape index (κ1) is 18.6. The molecule has 0 aliphatic carbocycles. The third-order valence-electron chi connectivity index (χ3n) is 5.32. The third kappa shape index (κ3) is 4.33. The van der Waals surface area contributed by atoms with Crippen LogP contribution in [0.4, 0.5) is 0 Å². The van der Waals surface area contributed by atoms with Crippen molar-refractivity contribution >= 4 is 5.91 Å².